The lowest BCUT2D eigenvalue weighted by atomic mass is 9.93. The SMILES string of the molecule is COc1cc(C)c2[nH]ccc2c1C(OCC(=O)O)(N1Cc2ccc(C#N)cc2C1)C(F)(F)F. The molecule has 2 aromatic carbocycles. The molecule has 4 rings (SSSR count). The average Bonchev–Trinajstić information content (AvgIpc) is 3.41. The predicted molar refractivity (Wildman–Crippen MR) is 111 cm³/mol. The number of hydrogen-bond acceptors (Lipinski definition) is 5. The van der Waals surface area contributed by atoms with E-state index < -0.39 is 24.5 Å². The van der Waals surface area contributed by atoms with Gasteiger partial charge in [0.1, 0.15) is 12.4 Å². The highest BCUT2D eigenvalue weighted by molar-refractivity contribution is 5.89. The maximum Gasteiger partial charge on any atom is 0.436 e. The van der Waals surface area contributed by atoms with Crippen molar-refractivity contribution in [3.05, 3.63) is 64.3 Å². The Morgan fingerprint density at radius 2 is 1.97 bits per heavy atom. The molecule has 1 atom stereocenters. The number of halogens is 3. The number of benzene rings is 2. The van der Waals surface area contributed by atoms with Crippen LogP contribution in [0.2, 0.25) is 0 Å². The fourth-order valence-corrected chi connectivity index (χ4v) is 4.47. The third-order valence-corrected chi connectivity index (χ3v) is 5.86. The molecule has 1 aromatic heterocycles. The molecule has 0 saturated heterocycles. The summed E-state index contributed by atoms with van der Waals surface area (Å²) >= 11 is 0. The van der Waals surface area contributed by atoms with E-state index in [1.165, 1.54) is 37.6 Å². The Labute approximate surface area is 186 Å². The summed E-state index contributed by atoms with van der Waals surface area (Å²) in [5, 5.41) is 18.6. The van der Waals surface area contributed by atoms with Gasteiger partial charge in [-0.2, -0.15) is 18.4 Å². The van der Waals surface area contributed by atoms with Crippen molar-refractivity contribution in [2.45, 2.75) is 31.9 Å². The first-order valence-corrected chi connectivity index (χ1v) is 9.97. The van der Waals surface area contributed by atoms with Gasteiger partial charge in [0, 0.05) is 30.2 Å². The Morgan fingerprint density at radius 1 is 1.24 bits per heavy atom. The first kappa shape index (κ1) is 22.6. The normalized spacial score (nSPS) is 15.8. The van der Waals surface area contributed by atoms with Gasteiger partial charge in [-0.1, -0.05) is 6.07 Å². The molecule has 1 aliphatic heterocycles. The van der Waals surface area contributed by atoms with Crippen LogP contribution in [0.4, 0.5) is 13.2 Å². The summed E-state index contributed by atoms with van der Waals surface area (Å²) in [5.74, 6) is -1.61. The summed E-state index contributed by atoms with van der Waals surface area (Å²) in [6.45, 7) is 0.183. The highest BCUT2D eigenvalue weighted by Crippen LogP contribution is 2.53. The molecule has 1 aliphatic rings. The van der Waals surface area contributed by atoms with E-state index in [1.807, 2.05) is 6.07 Å². The van der Waals surface area contributed by atoms with Gasteiger partial charge in [0.25, 0.3) is 5.72 Å². The average molecular weight is 459 g/mol. The largest absolute Gasteiger partial charge is 0.496 e. The fourth-order valence-electron chi connectivity index (χ4n) is 4.47. The summed E-state index contributed by atoms with van der Waals surface area (Å²) in [6, 6.07) is 9.61. The molecular weight excluding hydrogens is 439 g/mol. The van der Waals surface area contributed by atoms with E-state index in [9.17, 15) is 15.2 Å². The van der Waals surface area contributed by atoms with Crippen molar-refractivity contribution >= 4 is 16.9 Å². The number of rotatable bonds is 6. The van der Waals surface area contributed by atoms with E-state index in [2.05, 4.69) is 4.98 Å². The van der Waals surface area contributed by atoms with E-state index in [4.69, 9.17) is 9.47 Å². The van der Waals surface area contributed by atoms with Crippen LogP contribution in [-0.2, 0) is 28.3 Å². The third-order valence-electron chi connectivity index (χ3n) is 5.86. The van der Waals surface area contributed by atoms with Crippen LogP contribution < -0.4 is 4.74 Å². The number of aliphatic carboxylic acids is 1. The number of fused-ring (bicyclic) bond motifs is 2. The van der Waals surface area contributed by atoms with Crippen LogP contribution in [0.3, 0.4) is 0 Å². The number of aromatic nitrogens is 1. The summed E-state index contributed by atoms with van der Waals surface area (Å²) in [5.41, 5.74) is -0.878. The number of carboxylic acids is 1. The van der Waals surface area contributed by atoms with Crippen molar-refractivity contribution in [1.82, 2.24) is 9.88 Å². The van der Waals surface area contributed by atoms with Crippen LogP contribution in [0.1, 0.15) is 27.8 Å². The molecule has 1 unspecified atom stereocenters. The van der Waals surface area contributed by atoms with Crippen LogP contribution in [0.5, 0.6) is 5.75 Å². The van der Waals surface area contributed by atoms with Crippen LogP contribution >= 0.6 is 0 Å². The fraction of sp³-hybridized carbons (Fsp3) is 0.304. The van der Waals surface area contributed by atoms with E-state index in [0.717, 1.165) is 4.90 Å². The number of methoxy groups -OCH3 is 1. The van der Waals surface area contributed by atoms with Gasteiger partial charge < -0.3 is 19.6 Å². The number of nitrogens with one attached hydrogen (secondary N) is 1. The number of carboxylic acid groups (broad SMARTS) is 1. The van der Waals surface area contributed by atoms with Gasteiger partial charge in [-0.3, -0.25) is 4.90 Å². The zero-order valence-electron chi connectivity index (χ0n) is 17.8. The smallest absolute Gasteiger partial charge is 0.436 e. The molecule has 2 heterocycles. The molecule has 0 saturated carbocycles. The van der Waals surface area contributed by atoms with Crippen molar-refractivity contribution < 1.29 is 32.5 Å². The molecule has 0 aliphatic carbocycles. The molecule has 172 valence electrons. The van der Waals surface area contributed by atoms with Gasteiger partial charge in [-0.05, 0) is 47.9 Å². The Balaban J connectivity index is 2.00. The molecule has 0 fully saturated rings. The van der Waals surface area contributed by atoms with Crippen LogP contribution in [-0.4, -0.2) is 40.9 Å². The highest BCUT2D eigenvalue weighted by atomic mass is 19.4. The topological polar surface area (TPSA) is 98.6 Å². The Morgan fingerprint density at radius 3 is 2.61 bits per heavy atom. The van der Waals surface area contributed by atoms with E-state index in [-0.39, 0.29) is 29.8 Å². The number of hydrogen-bond donors (Lipinski definition) is 2. The second-order valence-electron chi connectivity index (χ2n) is 7.81. The zero-order chi connectivity index (χ0) is 24.0. The quantitative estimate of drug-likeness (QED) is 0.574. The number of nitriles is 1. The van der Waals surface area contributed by atoms with Crippen LogP contribution in [0.25, 0.3) is 10.9 Å². The third kappa shape index (κ3) is 3.59. The molecule has 0 bridgehead atoms. The lowest BCUT2D eigenvalue weighted by molar-refractivity contribution is -0.343. The summed E-state index contributed by atoms with van der Waals surface area (Å²) < 4.78 is 56.0. The lowest BCUT2D eigenvalue weighted by Crippen LogP contribution is -2.57. The number of carbonyl (C=O) groups is 1. The number of nitrogens with zero attached hydrogens (tertiary/aromatic N) is 2. The lowest BCUT2D eigenvalue weighted by Gasteiger charge is -2.43. The Hall–Kier alpha value is -3.55. The van der Waals surface area contributed by atoms with Crippen LogP contribution in [0, 0.1) is 18.3 Å². The minimum Gasteiger partial charge on any atom is -0.496 e. The maximum absolute atomic E-state index is 15.1. The van der Waals surface area contributed by atoms with E-state index in [1.54, 1.807) is 13.0 Å². The van der Waals surface area contributed by atoms with Crippen LogP contribution in [0.15, 0.2) is 36.5 Å². The van der Waals surface area contributed by atoms with Crippen molar-refractivity contribution in [1.29, 1.82) is 5.26 Å². The van der Waals surface area contributed by atoms with Gasteiger partial charge in [-0.25, -0.2) is 4.79 Å². The first-order valence-electron chi connectivity index (χ1n) is 9.97. The first-order chi connectivity index (χ1) is 15.6. The molecular formula is C23H20F3N3O4. The summed E-state index contributed by atoms with van der Waals surface area (Å²) in [7, 11) is 1.26. The number of aromatic amines is 1. The van der Waals surface area contributed by atoms with E-state index in [0.29, 0.717) is 27.8 Å². The minimum atomic E-state index is -5.05. The van der Waals surface area contributed by atoms with Gasteiger partial charge in [0.05, 0.1) is 24.3 Å². The maximum atomic E-state index is 15.1. The number of aryl methyl sites for hydroxylation is 1. The molecule has 33 heavy (non-hydrogen) atoms. The summed E-state index contributed by atoms with van der Waals surface area (Å²) in [4.78, 5) is 15.3. The van der Waals surface area contributed by atoms with Crippen molar-refractivity contribution in [2.24, 2.45) is 0 Å². The molecule has 0 radical (unpaired) electrons. The Kier molecular flexibility index (Phi) is 5.56. The molecule has 0 amide bonds. The minimum absolute atomic E-state index is 0.0732. The molecule has 0 spiro atoms. The second kappa shape index (κ2) is 8.10. The predicted octanol–water partition coefficient (Wildman–Crippen LogP) is 4.19. The Bertz CT molecular complexity index is 1280. The molecule has 2 N–H and O–H groups in total. The van der Waals surface area contributed by atoms with Gasteiger partial charge >= 0.3 is 12.1 Å². The zero-order valence-corrected chi connectivity index (χ0v) is 17.8. The van der Waals surface area contributed by atoms with E-state index >= 15 is 13.2 Å². The molecule has 3 aromatic rings. The number of ether oxygens (including phenoxy) is 2. The highest BCUT2D eigenvalue weighted by Gasteiger charge is 2.64. The summed E-state index contributed by atoms with van der Waals surface area (Å²) in [6.07, 6.45) is -3.54. The monoisotopic (exact) mass is 459 g/mol. The number of H-pyrrole nitrogens is 1. The molecule has 10 heteroatoms. The number of alkyl halides is 3. The van der Waals surface area contributed by atoms with Crippen molar-refractivity contribution in [2.75, 3.05) is 13.7 Å². The van der Waals surface area contributed by atoms with Crippen molar-refractivity contribution in [3.8, 4) is 11.8 Å². The second-order valence-corrected chi connectivity index (χ2v) is 7.81. The van der Waals surface area contributed by atoms with Crippen molar-refractivity contribution in [3.63, 3.8) is 0 Å². The molecule has 7 nitrogen and oxygen atoms in total. The van der Waals surface area contributed by atoms with Gasteiger partial charge in [0.15, 0.2) is 0 Å². The standard InChI is InChI=1S/C23H20F3N3O4/c1-13-7-18(32-2)20(17-5-6-28-21(13)17)22(23(24,25)26,33-12-19(30)31)29-10-15-4-3-14(9-27)8-16(15)11-29/h3-8,28H,10-12H2,1-2H3,(H,30,31). The van der Waals surface area contributed by atoms with Gasteiger partial charge in [-0.15, -0.1) is 0 Å². The van der Waals surface area contributed by atoms with Gasteiger partial charge in [0.2, 0.25) is 0 Å².